The summed E-state index contributed by atoms with van der Waals surface area (Å²) in [5, 5.41) is 0. The van der Waals surface area contributed by atoms with E-state index in [1.54, 1.807) is 27.9 Å². The second-order valence-corrected chi connectivity index (χ2v) is 9.97. The van der Waals surface area contributed by atoms with Crippen LogP contribution in [0, 0.1) is 17.3 Å². The van der Waals surface area contributed by atoms with E-state index in [4.69, 9.17) is 0 Å². The van der Waals surface area contributed by atoms with Gasteiger partial charge in [0.25, 0.3) is 0 Å². The molecule has 4 rings (SSSR count). The molecular formula is C26H31I. The van der Waals surface area contributed by atoms with Crippen LogP contribution in [-0.4, -0.2) is 0 Å². The topological polar surface area (TPSA) is 0 Å². The first-order chi connectivity index (χ1) is 13.0. The molecule has 27 heavy (non-hydrogen) atoms. The van der Waals surface area contributed by atoms with E-state index in [2.05, 4.69) is 92.0 Å². The fraction of sp³-hybridized carbons (Fsp3) is 0.462. The van der Waals surface area contributed by atoms with Crippen molar-refractivity contribution in [3.63, 3.8) is 0 Å². The van der Waals surface area contributed by atoms with Crippen LogP contribution in [0.1, 0.15) is 59.3 Å². The molecule has 0 aromatic heterocycles. The van der Waals surface area contributed by atoms with Gasteiger partial charge in [0, 0.05) is 14.9 Å². The zero-order valence-electron chi connectivity index (χ0n) is 16.9. The van der Waals surface area contributed by atoms with Crippen molar-refractivity contribution in [1.82, 2.24) is 0 Å². The molecule has 0 bridgehead atoms. The number of hydrogen-bond acceptors (Lipinski definition) is 0. The molecule has 0 nitrogen and oxygen atoms in total. The maximum atomic E-state index is 2.58. The number of hydrogen-bond donors (Lipinski definition) is 0. The molecule has 0 aliphatic heterocycles. The van der Waals surface area contributed by atoms with Crippen LogP contribution in [0.15, 0.2) is 80.1 Å². The molecule has 1 unspecified atom stereocenters. The average molecular weight is 470 g/mol. The standard InChI is InChI=1S/C26H31I/c1-4-9-18(21-14-15-25(27)23-12-7-6-11-22(21)23)16-20-17-19-10-5-8-13-24(19)26(20,2)3/h5,7,9-10,12,14-16,21-22H,4,6,8,11,13,17H2,1-3H3/b18-9+,20-16+/t21-,22?/m0/s1. The first-order valence-electron chi connectivity index (χ1n) is 10.6. The fourth-order valence-electron chi connectivity index (χ4n) is 5.33. The van der Waals surface area contributed by atoms with Gasteiger partial charge in [-0.1, -0.05) is 80.5 Å². The van der Waals surface area contributed by atoms with Crippen molar-refractivity contribution in [3.8, 4) is 0 Å². The molecular weight excluding hydrogens is 439 g/mol. The Morgan fingerprint density at radius 1 is 1.19 bits per heavy atom. The van der Waals surface area contributed by atoms with E-state index in [0.29, 0.717) is 11.8 Å². The molecule has 0 saturated carbocycles. The summed E-state index contributed by atoms with van der Waals surface area (Å²) in [4.78, 5) is 0. The molecule has 4 aliphatic carbocycles. The molecule has 0 heterocycles. The van der Waals surface area contributed by atoms with Crippen LogP contribution in [0.3, 0.4) is 0 Å². The average Bonchev–Trinajstić information content (AvgIpc) is 2.93. The Kier molecular flexibility index (Phi) is 5.51. The van der Waals surface area contributed by atoms with Crippen molar-refractivity contribution in [2.24, 2.45) is 17.3 Å². The van der Waals surface area contributed by atoms with E-state index in [1.807, 2.05) is 0 Å². The van der Waals surface area contributed by atoms with Crippen LogP contribution in [0.4, 0.5) is 0 Å². The van der Waals surface area contributed by atoms with Gasteiger partial charge >= 0.3 is 0 Å². The normalized spacial score (nSPS) is 31.0. The predicted octanol–water partition coefficient (Wildman–Crippen LogP) is 8.17. The summed E-state index contributed by atoms with van der Waals surface area (Å²) in [6.07, 6.45) is 26.6. The van der Waals surface area contributed by atoms with Crippen LogP contribution < -0.4 is 0 Å². The van der Waals surface area contributed by atoms with Gasteiger partial charge in [0.1, 0.15) is 0 Å². The van der Waals surface area contributed by atoms with Gasteiger partial charge in [0.15, 0.2) is 0 Å². The number of allylic oxidation sites excluding steroid dienone is 14. The summed E-state index contributed by atoms with van der Waals surface area (Å²) in [6, 6.07) is 0. The molecule has 0 aromatic carbocycles. The molecule has 0 saturated heterocycles. The van der Waals surface area contributed by atoms with Gasteiger partial charge in [0.05, 0.1) is 0 Å². The van der Waals surface area contributed by atoms with Gasteiger partial charge in [0.2, 0.25) is 0 Å². The summed E-state index contributed by atoms with van der Waals surface area (Å²) in [5.74, 6) is 1.17. The van der Waals surface area contributed by atoms with Crippen molar-refractivity contribution in [2.75, 3.05) is 0 Å². The minimum Gasteiger partial charge on any atom is -0.0842 e. The zero-order chi connectivity index (χ0) is 19.0. The molecule has 2 atom stereocenters. The summed E-state index contributed by atoms with van der Waals surface area (Å²) >= 11 is 2.52. The molecule has 0 spiro atoms. The third kappa shape index (κ3) is 3.52. The maximum Gasteiger partial charge on any atom is 0.0162 e. The van der Waals surface area contributed by atoms with Gasteiger partial charge in [-0.05, 0) is 83.8 Å². The smallest absolute Gasteiger partial charge is 0.0162 e. The highest BCUT2D eigenvalue weighted by molar-refractivity contribution is 14.1. The molecule has 4 aliphatic rings. The van der Waals surface area contributed by atoms with Crippen LogP contribution >= 0.6 is 22.6 Å². The minimum absolute atomic E-state index is 0.213. The largest absolute Gasteiger partial charge is 0.0842 e. The molecule has 0 fully saturated rings. The maximum absolute atomic E-state index is 2.58. The third-order valence-corrected chi connectivity index (χ3v) is 7.85. The van der Waals surface area contributed by atoms with E-state index < -0.39 is 0 Å². The minimum atomic E-state index is 0.213. The van der Waals surface area contributed by atoms with Crippen LogP contribution in [0.5, 0.6) is 0 Å². The Morgan fingerprint density at radius 3 is 2.78 bits per heavy atom. The van der Waals surface area contributed by atoms with E-state index in [9.17, 15) is 0 Å². The van der Waals surface area contributed by atoms with E-state index in [1.165, 1.54) is 29.3 Å². The van der Waals surface area contributed by atoms with Crippen molar-refractivity contribution in [2.45, 2.75) is 59.3 Å². The summed E-state index contributed by atoms with van der Waals surface area (Å²) < 4.78 is 1.43. The van der Waals surface area contributed by atoms with Crippen molar-refractivity contribution >= 4 is 22.6 Å². The van der Waals surface area contributed by atoms with Gasteiger partial charge in [-0.2, -0.15) is 0 Å². The molecule has 0 radical (unpaired) electrons. The summed E-state index contributed by atoms with van der Waals surface area (Å²) in [7, 11) is 0. The van der Waals surface area contributed by atoms with Crippen molar-refractivity contribution < 1.29 is 0 Å². The predicted molar refractivity (Wildman–Crippen MR) is 126 cm³/mol. The zero-order valence-corrected chi connectivity index (χ0v) is 19.1. The molecule has 0 aromatic rings. The van der Waals surface area contributed by atoms with Gasteiger partial charge in [-0.3, -0.25) is 0 Å². The monoisotopic (exact) mass is 470 g/mol. The fourth-order valence-corrected chi connectivity index (χ4v) is 6.12. The molecule has 0 N–H and O–H groups in total. The Morgan fingerprint density at radius 2 is 2.00 bits per heavy atom. The van der Waals surface area contributed by atoms with Crippen LogP contribution in [-0.2, 0) is 0 Å². The van der Waals surface area contributed by atoms with Crippen molar-refractivity contribution in [1.29, 1.82) is 0 Å². The summed E-state index contributed by atoms with van der Waals surface area (Å²) in [5.41, 5.74) is 8.20. The van der Waals surface area contributed by atoms with E-state index >= 15 is 0 Å². The first kappa shape index (κ1) is 19.2. The second-order valence-electron chi connectivity index (χ2n) is 8.80. The van der Waals surface area contributed by atoms with E-state index in [0.717, 1.165) is 12.8 Å². The van der Waals surface area contributed by atoms with Gasteiger partial charge in [-0.25, -0.2) is 0 Å². The molecule has 0 amide bonds. The SMILES string of the molecule is CC/C=C(\C=C1/CC2=C(CCC=C2)C1(C)C)[C@@H]1C=CC(I)=C2C=CCCC21. The molecule has 1 heteroatoms. The Bertz CT molecular complexity index is 835. The Hall–Kier alpha value is -1.09. The number of halogens is 1. The molecule has 142 valence electrons. The lowest BCUT2D eigenvalue weighted by Gasteiger charge is -2.34. The van der Waals surface area contributed by atoms with E-state index in [-0.39, 0.29) is 5.41 Å². The highest BCUT2D eigenvalue weighted by atomic mass is 127. The summed E-state index contributed by atoms with van der Waals surface area (Å²) in [6.45, 7) is 7.16. The first-order valence-corrected chi connectivity index (χ1v) is 11.6. The van der Waals surface area contributed by atoms with Crippen LogP contribution in [0.25, 0.3) is 0 Å². The third-order valence-electron chi connectivity index (χ3n) is 6.87. The highest BCUT2D eigenvalue weighted by Gasteiger charge is 2.37. The van der Waals surface area contributed by atoms with Crippen LogP contribution in [0.2, 0.25) is 0 Å². The number of fused-ring (bicyclic) bond motifs is 1. The lowest BCUT2D eigenvalue weighted by molar-refractivity contribution is 0.469. The van der Waals surface area contributed by atoms with Gasteiger partial charge in [-0.15, -0.1) is 0 Å². The van der Waals surface area contributed by atoms with Gasteiger partial charge < -0.3 is 0 Å². The highest BCUT2D eigenvalue weighted by Crippen LogP contribution is 2.51. The number of rotatable bonds is 3. The quantitative estimate of drug-likeness (QED) is 0.365. The lowest BCUT2D eigenvalue weighted by Crippen LogP contribution is -2.22. The Balaban J connectivity index is 1.68. The lowest BCUT2D eigenvalue weighted by atomic mass is 9.71. The Labute approximate surface area is 178 Å². The second kappa shape index (κ2) is 7.73. The van der Waals surface area contributed by atoms with Crippen molar-refractivity contribution in [3.05, 3.63) is 80.1 Å².